The second-order valence-corrected chi connectivity index (χ2v) is 4.34. The molecule has 0 spiro atoms. The van der Waals surface area contributed by atoms with E-state index in [1.165, 1.54) is 12.1 Å². The van der Waals surface area contributed by atoms with Crippen molar-refractivity contribution in [3.05, 3.63) is 27.7 Å². The summed E-state index contributed by atoms with van der Waals surface area (Å²) in [5.74, 6) is -0.891. The van der Waals surface area contributed by atoms with Gasteiger partial charge in [0.2, 0.25) is 0 Å². The monoisotopic (exact) mass is 346 g/mol. The lowest BCUT2D eigenvalue weighted by Gasteiger charge is -2.16. The Hall–Kier alpha value is -0.880. The van der Waals surface area contributed by atoms with Crippen LogP contribution in [0.5, 0.6) is 0 Å². The lowest BCUT2D eigenvalue weighted by atomic mass is 10.2. The number of anilines is 1. The van der Waals surface area contributed by atoms with Gasteiger partial charge in [-0.3, -0.25) is 4.79 Å². The Labute approximate surface area is 133 Å². The molecule has 0 aliphatic carbocycles. The van der Waals surface area contributed by atoms with Crippen molar-refractivity contribution >= 4 is 65.6 Å². The molecule has 0 unspecified atom stereocenters. The highest BCUT2D eigenvalue weighted by molar-refractivity contribution is 6.39. The molecule has 0 radical (unpaired) electrons. The fraction of sp³-hybridized carbons (Fsp3) is 0.200. The molecule has 0 fully saturated rings. The van der Waals surface area contributed by atoms with Crippen LogP contribution in [0.4, 0.5) is 5.69 Å². The first-order chi connectivity index (χ1) is 7.82. The van der Waals surface area contributed by atoms with Crippen LogP contribution < -0.4 is 16.4 Å². The molecule has 0 atom stereocenters. The van der Waals surface area contributed by atoms with E-state index >= 15 is 0 Å². The van der Waals surface area contributed by atoms with Crippen LogP contribution in [0.3, 0.4) is 0 Å². The van der Waals surface area contributed by atoms with E-state index in [4.69, 9.17) is 34.7 Å². The zero-order valence-corrected chi connectivity index (χ0v) is 13.3. The summed E-state index contributed by atoms with van der Waals surface area (Å²) in [6, 6.07) is 2.94. The quantitative estimate of drug-likeness (QED) is 0.635. The minimum Gasteiger partial charge on any atom is -0.375 e. The number of carbonyl (C=O) groups excluding carboxylic acids is 1. The van der Waals surface area contributed by atoms with E-state index in [0.717, 1.165) is 0 Å². The summed E-state index contributed by atoms with van der Waals surface area (Å²) in [5.41, 5.74) is 11.1. The fourth-order valence-electron chi connectivity index (χ4n) is 1.30. The molecule has 1 rings (SSSR count). The summed E-state index contributed by atoms with van der Waals surface area (Å²) in [6.45, 7) is 0. The Bertz CT molecular complexity index is 463. The summed E-state index contributed by atoms with van der Waals surface area (Å²) in [4.78, 5) is 16.7. The zero-order chi connectivity index (χ0) is 13.2. The molecule has 0 saturated heterocycles. The van der Waals surface area contributed by atoms with Crippen molar-refractivity contribution in [2.24, 2.45) is 16.5 Å². The number of benzene rings is 1. The van der Waals surface area contributed by atoms with Gasteiger partial charge in [-0.1, -0.05) is 23.2 Å². The van der Waals surface area contributed by atoms with Gasteiger partial charge in [-0.05, 0) is 12.1 Å². The molecule has 5 nitrogen and oxygen atoms in total. The molecule has 4 N–H and O–H groups in total. The third kappa shape index (κ3) is 5.32. The maximum Gasteiger partial charge on any atom is 0.280 e. The van der Waals surface area contributed by atoms with Gasteiger partial charge in [-0.2, -0.15) is 4.99 Å². The normalized spacial score (nSPS) is 8.84. The molecule has 108 valence electrons. The molecule has 1 aromatic carbocycles. The van der Waals surface area contributed by atoms with Crippen LogP contribution >= 0.6 is 48.0 Å². The number of hydrogen-bond donors (Lipinski definition) is 2. The first-order valence-electron chi connectivity index (χ1n) is 4.63. The topological polar surface area (TPSA) is 84.7 Å². The highest BCUT2D eigenvalue weighted by Crippen LogP contribution is 2.33. The van der Waals surface area contributed by atoms with E-state index in [-0.39, 0.29) is 36.3 Å². The van der Waals surface area contributed by atoms with Gasteiger partial charge in [-0.15, -0.1) is 24.8 Å². The van der Waals surface area contributed by atoms with Gasteiger partial charge in [0.25, 0.3) is 5.91 Å². The number of guanidine groups is 1. The van der Waals surface area contributed by atoms with Gasteiger partial charge in [0.1, 0.15) is 0 Å². The first-order valence-corrected chi connectivity index (χ1v) is 5.39. The second kappa shape index (κ2) is 8.32. The summed E-state index contributed by atoms with van der Waals surface area (Å²) < 4.78 is 0. The number of hydrogen-bond acceptors (Lipinski definition) is 2. The number of nitrogens with two attached hydrogens (primary N) is 2. The Balaban J connectivity index is 0. The van der Waals surface area contributed by atoms with E-state index in [0.29, 0.717) is 15.7 Å². The minimum absolute atomic E-state index is 0. The van der Waals surface area contributed by atoms with Crippen molar-refractivity contribution in [1.82, 2.24) is 0 Å². The van der Waals surface area contributed by atoms with Gasteiger partial charge in [0.15, 0.2) is 5.96 Å². The van der Waals surface area contributed by atoms with E-state index in [1.807, 2.05) is 0 Å². The van der Waals surface area contributed by atoms with E-state index in [9.17, 15) is 4.79 Å². The number of amides is 1. The van der Waals surface area contributed by atoms with Crippen LogP contribution in [0, 0.1) is 0 Å². The largest absolute Gasteiger partial charge is 0.375 e. The number of aliphatic imine (C=N–C) groups is 1. The van der Waals surface area contributed by atoms with Crippen molar-refractivity contribution in [1.29, 1.82) is 0 Å². The number of halogens is 4. The van der Waals surface area contributed by atoms with E-state index < -0.39 is 5.91 Å². The van der Waals surface area contributed by atoms with E-state index in [1.54, 1.807) is 19.0 Å². The number of rotatable bonds is 2. The summed E-state index contributed by atoms with van der Waals surface area (Å²) in [5, 5.41) is 0.716. The minimum atomic E-state index is -0.584. The molecule has 1 aromatic rings. The highest BCUT2D eigenvalue weighted by atomic mass is 35.5. The highest BCUT2D eigenvalue weighted by Gasteiger charge is 2.13. The molecule has 0 saturated carbocycles. The van der Waals surface area contributed by atoms with Crippen molar-refractivity contribution in [2.45, 2.75) is 0 Å². The summed E-state index contributed by atoms with van der Waals surface area (Å²) in [6.07, 6.45) is 0. The fourth-order valence-corrected chi connectivity index (χ4v) is 2.12. The predicted molar refractivity (Wildman–Crippen MR) is 85.4 cm³/mol. The third-order valence-electron chi connectivity index (χ3n) is 1.94. The van der Waals surface area contributed by atoms with Crippen LogP contribution in [0.15, 0.2) is 17.1 Å². The van der Waals surface area contributed by atoms with Gasteiger partial charge < -0.3 is 16.4 Å². The summed E-state index contributed by atoms with van der Waals surface area (Å²) >= 11 is 12.0. The SMILES string of the molecule is CN(C)c1c(Cl)cc(C(=O)N=C(N)N)cc1Cl.Cl.Cl. The van der Waals surface area contributed by atoms with Crippen molar-refractivity contribution in [3.8, 4) is 0 Å². The Morgan fingerprint density at radius 2 is 1.58 bits per heavy atom. The van der Waals surface area contributed by atoms with Crippen LogP contribution in [0.25, 0.3) is 0 Å². The smallest absolute Gasteiger partial charge is 0.280 e. The van der Waals surface area contributed by atoms with Crippen molar-refractivity contribution in [3.63, 3.8) is 0 Å². The lowest BCUT2D eigenvalue weighted by Crippen LogP contribution is -2.24. The van der Waals surface area contributed by atoms with Crippen LogP contribution in [-0.2, 0) is 0 Å². The maximum absolute atomic E-state index is 11.6. The molecule has 9 heteroatoms. The van der Waals surface area contributed by atoms with Gasteiger partial charge in [0.05, 0.1) is 15.7 Å². The predicted octanol–water partition coefficient (Wildman–Crippen LogP) is 2.32. The van der Waals surface area contributed by atoms with Crippen LogP contribution in [-0.4, -0.2) is 26.0 Å². The molecular formula is C10H14Cl4N4O. The van der Waals surface area contributed by atoms with Gasteiger partial charge in [0, 0.05) is 19.7 Å². The van der Waals surface area contributed by atoms with Crippen molar-refractivity contribution < 1.29 is 4.79 Å². The second-order valence-electron chi connectivity index (χ2n) is 3.52. The Morgan fingerprint density at radius 3 is 1.89 bits per heavy atom. The zero-order valence-electron chi connectivity index (χ0n) is 10.2. The van der Waals surface area contributed by atoms with Crippen LogP contribution in [0.2, 0.25) is 10.0 Å². The molecule has 19 heavy (non-hydrogen) atoms. The van der Waals surface area contributed by atoms with Crippen LogP contribution in [0.1, 0.15) is 10.4 Å². The molecule has 0 heterocycles. The van der Waals surface area contributed by atoms with Gasteiger partial charge in [-0.25, -0.2) is 0 Å². The standard InChI is InChI=1S/C10H12Cl2N4O.2ClH/c1-16(2)8-6(11)3-5(4-7(8)12)9(17)15-10(13)14;;/h3-4H,1-2H3,(H4,13,14,15,17);2*1H. The summed E-state index contributed by atoms with van der Waals surface area (Å²) in [7, 11) is 3.59. The Morgan fingerprint density at radius 1 is 1.16 bits per heavy atom. The molecule has 0 aliphatic heterocycles. The molecule has 1 amide bonds. The lowest BCUT2D eigenvalue weighted by molar-refractivity contribution is 0.100. The van der Waals surface area contributed by atoms with Gasteiger partial charge >= 0.3 is 0 Å². The number of nitrogens with zero attached hydrogens (tertiary/aromatic N) is 2. The Kier molecular flexibility index (Phi) is 8.95. The molecule has 0 aliphatic rings. The molecular weight excluding hydrogens is 334 g/mol. The van der Waals surface area contributed by atoms with Crippen molar-refractivity contribution in [2.75, 3.05) is 19.0 Å². The first kappa shape index (κ1) is 20.4. The maximum atomic E-state index is 11.6. The number of carbonyl (C=O) groups is 1. The third-order valence-corrected chi connectivity index (χ3v) is 2.52. The van der Waals surface area contributed by atoms with E-state index in [2.05, 4.69) is 4.99 Å². The average molecular weight is 348 g/mol. The average Bonchev–Trinajstić information content (AvgIpc) is 2.14. The molecule has 0 aromatic heterocycles. The molecule has 0 bridgehead atoms.